The van der Waals surface area contributed by atoms with E-state index in [1.165, 1.54) is 0 Å². The quantitative estimate of drug-likeness (QED) is 0.899. The van der Waals surface area contributed by atoms with E-state index in [0.717, 1.165) is 18.2 Å². The summed E-state index contributed by atoms with van der Waals surface area (Å²) in [5.74, 6) is -1.47. The molecule has 118 valence electrons. The molecule has 0 saturated carbocycles. The summed E-state index contributed by atoms with van der Waals surface area (Å²) in [5, 5.41) is 12.0. The van der Waals surface area contributed by atoms with Crippen molar-refractivity contribution in [3.8, 4) is 0 Å². The number of aliphatic hydroxyl groups is 1. The number of hydrogen-bond acceptors (Lipinski definition) is 3. The zero-order valence-electron chi connectivity index (χ0n) is 12.7. The van der Waals surface area contributed by atoms with Crippen molar-refractivity contribution >= 4 is 6.09 Å². The molecule has 0 aliphatic heterocycles. The number of carbonyl (C=O) groups is 1. The highest BCUT2D eigenvalue weighted by molar-refractivity contribution is 5.67. The van der Waals surface area contributed by atoms with Gasteiger partial charge in [0.15, 0.2) is 0 Å². The first kappa shape index (κ1) is 17.4. The van der Waals surface area contributed by atoms with Crippen molar-refractivity contribution in [3.05, 3.63) is 35.4 Å². The first-order valence-corrected chi connectivity index (χ1v) is 6.60. The van der Waals surface area contributed by atoms with Crippen LogP contribution in [0.4, 0.5) is 13.6 Å². The van der Waals surface area contributed by atoms with E-state index in [-0.39, 0.29) is 18.7 Å². The number of carbonyl (C=O) groups excluding carboxylic acids is 1. The molecule has 1 aromatic carbocycles. The van der Waals surface area contributed by atoms with Gasteiger partial charge in [-0.15, -0.1) is 0 Å². The molecule has 2 N–H and O–H groups in total. The van der Waals surface area contributed by atoms with Crippen molar-refractivity contribution in [3.63, 3.8) is 0 Å². The van der Waals surface area contributed by atoms with Crippen LogP contribution in [0.3, 0.4) is 0 Å². The minimum atomic E-state index is -1.01. The number of rotatable bonds is 4. The lowest BCUT2D eigenvalue weighted by Gasteiger charge is -2.29. The van der Waals surface area contributed by atoms with Gasteiger partial charge in [0.25, 0.3) is 0 Å². The minimum absolute atomic E-state index is 0.0126. The number of nitrogens with one attached hydrogen (secondary N) is 1. The molecule has 1 atom stereocenters. The lowest BCUT2D eigenvalue weighted by Crippen LogP contribution is -2.43. The number of aliphatic hydroxyl groups excluding tert-OH is 1. The van der Waals surface area contributed by atoms with E-state index >= 15 is 0 Å². The van der Waals surface area contributed by atoms with E-state index in [0.29, 0.717) is 0 Å². The van der Waals surface area contributed by atoms with Gasteiger partial charge in [-0.25, -0.2) is 13.6 Å². The smallest absolute Gasteiger partial charge is 0.407 e. The average molecular weight is 301 g/mol. The molecular weight excluding hydrogens is 280 g/mol. The van der Waals surface area contributed by atoms with Crippen LogP contribution in [0.2, 0.25) is 0 Å². The van der Waals surface area contributed by atoms with Crippen molar-refractivity contribution in [1.82, 2.24) is 5.32 Å². The molecule has 0 spiro atoms. The number of alkyl carbamates (subject to hydrolysis) is 1. The zero-order valence-corrected chi connectivity index (χ0v) is 12.7. The molecule has 6 heteroatoms. The van der Waals surface area contributed by atoms with Gasteiger partial charge in [0.1, 0.15) is 17.2 Å². The number of ether oxygens (including phenoxy) is 1. The van der Waals surface area contributed by atoms with Crippen LogP contribution in [0.5, 0.6) is 0 Å². The fraction of sp³-hybridized carbons (Fsp3) is 0.533. The fourth-order valence-electron chi connectivity index (χ4n) is 1.73. The molecule has 1 aromatic rings. The average Bonchev–Trinajstić information content (AvgIpc) is 2.32. The monoisotopic (exact) mass is 301 g/mol. The highest BCUT2D eigenvalue weighted by Gasteiger charge is 2.28. The Morgan fingerprint density at radius 1 is 1.19 bits per heavy atom. The van der Waals surface area contributed by atoms with E-state index in [1.54, 1.807) is 27.7 Å². The van der Waals surface area contributed by atoms with Crippen molar-refractivity contribution in [2.75, 3.05) is 13.2 Å². The summed E-state index contributed by atoms with van der Waals surface area (Å²) in [6, 6.07) is 3.02. The molecule has 0 aromatic heterocycles. The fourth-order valence-corrected chi connectivity index (χ4v) is 1.73. The number of benzene rings is 1. The highest BCUT2D eigenvalue weighted by Crippen LogP contribution is 2.24. The molecule has 0 aliphatic carbocycles. The van der Waals surface area contributed by atoms with Gasteiger partial charge in [0, 0.05) is 18.0 Å². The van der Waals surface area contributed by atoms with Crippen molar-refractivity contribution in [1.29, 1.82) is 0 Å². The number of halogens is 2. The van der Waals surface area contributed by atoms with Crippen LogP contribution in [0.25, 0.3) is 0 Å². The van der Waals surface area contributed by atoms with Gasteiger partial charge in [-0.1, -0.05) is 6.92 Å². The molecule has 0 aliphatic rings. The predicted octanol–water partition coefficient (Wildman–Crippen LogP) is 2.74. The predicted molar refractivity (Wildman–Crippen MR) is 75.0 cm³/mol. The molecule has 1 rings (SSSR count). The Balaban J connectivity index is 2.83. The molecule has 0 bridgehead atoms. The Morgan fingerprint density at radius 3 is 2.14 bits per heavy atom. The van der Waals surface area contributed by atoms with Gasteiger partial charge >= 0.3 is 6.09 Å². The summed E-state index contributed by atoms with van der Waals surface area (Å²) < 4.78 is 31.6. The molecule has 21 heavy (non-hydrogen) atoms. The maximum Gasteiger partial charge on any atom is 0.407 e. The highest BCUT2D eigenvalue weighted by atomic mass is 19.1. The van der Waals surface area contributed by atoms with E-state index < -0.39 is 28.7 Å². The van der Waals surface area contributed by atoms with Crippen LogP contribution >= 0.6 is 0 Å². The maximum atomic E-state index is 13.3. The van der Waals surface area contributed by atoms with E-state index in [9.17, 15) is 18.7 Å². The van der Waals surface area contributed by atoms with Gasteiger partial charge in [0.05, 0.1) is 6.61 Å². The summed E-state index contributed by atoms with van der Waals surface area (Å²) in [6.07, 6.45) is -0.654. The Morgan fingerprint density at radius 2 is 1.71 bits per heavy atom. The van der Waals surface area contributed by atoms with Crippen LogP contribution in [0.15, 0.2) is 18.2 Å². The van der Waals surface area contributed by atoms with Crippen molar-refractivity contribution in [2.24, 2.45) is 0 Å². The van der Waals surface area contributed by atoms with Gasteiger partial charge in [-0.05, 0) is 38.5 Å². The van der Waals surface area contributed by atoms with E-state index in [1.807, 2.05) is 0 Å². The third-order valence-electron chi connectivity index (χ3n) is 2.93. The molecule has 0 fully saturated rings. The van der Waals surface area contributed by atoms with Gasteiger partial charge in [0.2, 0.25) is 0 Å². The Hall–Kier alpha value is -1.69. The molecule has 0 heterocycles. The lowest BCUT2D eigenvalue weighted by molar-refractivity contribution is 0.0506. The first-order valence-electron chi connectivity index (χ1n) is 6.60. The molecular formula is C15H21F2NO3. The number of amides is 1. The standard InChI is InChI=1S/C15H21F2NO3/c1-14(2,3)21-13(20)18-8-15(4,9-19)10-5-11(16)7-12(17)6-10/h5-7,19H,8-9H2,1-4H3,(H,18,20). The topological polar surface area (TPSA) is 58.6 Å². The summed E-state index contributed by atoms with van der Waals surface area (Å²) in [4.78, 5) is 11.6. The second-order valence-corrected chi connectivity index (χ2v) is 6.23. The Bertz CT molecular complexity index is 494. The van der Waals surface area contributed by atoms with Crippen LogP contribution in [0.1, 0.15) is 33.3 Å². The molecule has 0 radical (unpaired) electrons. The molecule has 0 saturated heterocycles. The molecule has 1 amide bonds. The summed E-state index contributed by atoms with van der Waals surface area (Å²) in [6.45, 7) is 6.37. The van der Waals surface area contributed by atoms with Crippen LogP contribution < -0.4 is 5.32 Å². The molecule has 4 nitrogen and oxygen atoms in total. The summed E-state index contributed by atoms with van der Waals surface area (Å²) in [7, 11) is 0. The van der Waals surface area contributed by atoms with E-state index in [4.69, 9.17) is 4.74 Å². The first-order chi connectivity index (χ1) is 9.55. The second kappa shape index (κ2) is 6.39. The Labute approximate surface area is 123 Å². The third-order valence-corrected chi connectivity index (χ3v) is 2.93. The maximum absolute atomic E-state index is 13.3. The van der Waals surface area contributed by atoms with Crippen LogP contribution in [-0.4, -0.2) is 30.0 Å². The largest absolute Gasteiger partial charge is 0.444 e. The van der Waals surface area contributed by atoms with E-state index in [2.05, 4.69) is 5.32 Å². The third kappa shape index (κ3) is 5.30. The minimum Gasteiger partial charge on any atom is -0.444 e. The number of hydrogen-bond donors (Lipinski definition) is 2. The van der Waals surface area contributed by atoms with Gasteiger partial charge in [-0.2, -0.15) is 0 Å². The second-order valence-electron chi connectivity index (χ2n) is 6.23. The van der Waals surface area contributed by atoms with Crippen molar-refractivity contribution in [2.45, 2.75) is 38.7 Å². The lowest BCUT2D eigenvalue weighted by atomic mass is 9.83. The Kier molecular flexibility index (Phi) is 5.28. The SMILES string of the molecule is CC(C)(C)OC(=O)NCC(C)(CO)c1cc(F)cc(F)c1. The summed E-state index contributed by atoms with van der Waals surface area (Å²) in [5.41, 5.74) is -1.40. The van der Waals surface area contributed by atoms with Crippen LogP contribution in [0, 0.1) is 11.6 Å². The normalized spacial score (nSPS) is 14.4. The van der Waals surface area contributed by atoms with Crippen molar-refractivity contribution < 1.29 is 23.4 Å². The van der Waals surface area contributed by atoms with Crippen LogP contribution in [-0.2, 0) is 10.2 Å². The van der Waals surface area contributed by atoms with Gasteiger partial charge < -0.3 is 15.2 Å². The van der Waals surface area contributed by atoms with Gasteiger partial charge in [-0.3, -0.25) is 0 Å². The summed E-state index contributed by atoms with van der Waals surface area (Å²) >= 11 is 0. The zero-order chi connectivity index (χ0) is 16.3. The molecule has 1 unspecified atom stereocenters.